The van der Waals surface area contributed by atoms with Crippen LogP contribution in [0.4, 0.5) is 0 Å². The first-order valence-electron chi connectivity index (χ1n) is 4.28. The van der Waals surface area contributed by atoms with Crippen LogP contribution in [0.1, 0.15) is 16.8 Å². The van der Waals surface area contributed by atoms with E-state index < -0.39 is 0 Å². The summed E-state index contributed by atoms with van der Waals surface area (Å²) < 4.78 is 0. The normalized spacial score (nSPS) is 13.2. The zero-order chi connectivity index (χ0) is 8.97. The van der Waals surface area contributed by atoms with Crippen LogP contribution in [0.2, 0.25) is 0 Å². The highest BCUT2D eigenvalue weighted by molar-refractivity contribution is 7.11. The number of aromatic nitrogens is 1. The standard InChI is InChI=1S/C9H16N2S/c1-7(5-10-3)4-9-6-11-8(2)12-9/h6-7,10H,4-5H2,1-3H3. The van der Waals surface area contributed by atoms with Gasteiger partial charge in [-0.1, -0.05) is 6.92 Å². The highest BCUT2D eigenvalue weighted by Crippen LogP contribution is 2.15. The molecule has 0 radical (unpaired) electrons. The topological polar surface area (TPSA) is 24.9 Å². The summed E-state index contributed by atoms with van der Waals surface area (Å²) in [5, 5.41) is 4.35. The lowest BCUT2D eigenvalue weighted by Gasteiger charge is -2.07. The molecule has 0 amide bonds. The second kappa shape index (κ2) is 4.58. The first kappa shape index (κ1) is 9.68. The van der Waals surface area contributed by atoms with Crippen LogP contribution >= 0.6 is 11.3 Å². The molecule has 12 heavy (non-hydrogen) atoms. The number of hydrogen-bond donors (Lipinski definition) is 1. The van der Waals surface area contributed by atoms with E-state index in [-0.39, 0.29) is 0 Å². The summed E-state index contributed by atoms with van der Waals surface area (Å²) in [6.45, 7) is 5.39. The van der Waals surface area contributed by atoms with E-state index in [1.807, 2.05) is 13.2 Å². The fourth-order valence-electron chi connectivity index (χ4n) is 1.26. The predicted octanol–water partition coefficient (Wildman–Crippen LogP) is 1.85. The molecule has 2 nitrogen and oxygen atoms in total. The smallest absolute Gasteiger partial charge is 0.0896 e. The minimum atomic E-state index is 0.704. The van der Waals surface area contributed by atoms with Crippen molar-refractivity contribution in [3.63, 3.8) is 0 Å². The largest absolute Gasteiger partial charge is 0.319 e. The molecule has 0 bridgehead atoms. The first-order valence-corrected chi connectivity index (χ1v) is 5.10. The summed E-state index contributed by atoms with van der Waals surface area (Å²) in [6.07, 6.45) is 3.14. The summed E-state index contributed by atoms with van der Waals surface area (Å²) in [4.78, 5) is 5.63. The van der Waals surface area contributed by atoms with E-state index in [4.69, 9.17) is 0 Å². The van der Waals surface area contributed by atoms with E-state index in [9.17, 15) is 0 Å². The second-order valence-corrected chi connectivity index (χ2v) is 4.53. The minimum absolute atomic E-state index is 0.704. The molecule has 0 saturated carbocycles. The Bertz CT molecular complexity index is 232. The van der Waals surface area contributed by atoms with Gasteiger partial charge in [0.05, 0.1) is 5.01 Å². The molecule has 1 aromatic heterocycles. The highest BCUT2D eigenvalue weighted by atomic mass is 32.1. The summed E-state index contributed by atoms with van der Waals surface area (Å²) in [5.74, 6) is 0.704. The van der Waals surface area contributed by atoms with E-state index in [0.29, 0.717) is 5.92 Å². The van der Waals surface area contributed by atoms with Crippen molar-refractivity contribution >= 4 is 11.3 Å². The molecule has 0 aliphatic carbocycles. The fraction of sp³-hybridized carbons (Fsp3) is 0.667. The minimum Gasteiger partial charge on any atom is -0.319 e. The third kappa shape index (κ3) is 2.91. The van der Waals surface area contributed by atoms with Gasteiger partial charge >= 0.3 is 0 Å². The van der Waals surface area contributed by atoms with Crippen LogP contribution in [0.3, 0.4) is 0 Å². The maximum absolute atomic E-state index is 4.23. The van der Waals surface area contributed by atoms with Gasteiger partial charge in [-0.3, -0.25) is 0 Å². The van der Waals surface area contributed by atoms with Gasteiger partial charge in [0.2, 0.25) is 0 Å². The molecule has 0 saturated heterocycles. The van der Waals surface area contributed by atoms with Crippen LogP contribution in [-0.2, 0) is 6.42 Å². The van der Waals surface area contributed by atoms with Crippen molar-refractivity contribution in [3.05, 3.63) is 16.1 Å². The summed E-state index contributed by atoms with van der Waals surface area (Å²) in [5.41, 5.74) is 0. The van der Waals surface area contributed by atoms with E-state index >= 15 is 0 Å². The maximum atomic E-state index is 4.23. The Morgan fingerprint density at radius 1 is 1.67 bits per heavy atom. The third-order valence-electron chi connectivity index (χ3n) is 1.77. The molecular formula is C9H16N2S. The van der Waals surface area contributed by atoms with E-state index in [2.05, 4.69) is 24.1 Å². The van der Waals surface area contributed by atoms with Crippen molar-refractivity contribution in [2.75, 3.05) is 13.6 Å². The molecule has 1 atom stereocenters. The lowest BCUT2D eigenvalue weighted by Crippen LogP contribution is -2.17. The van der Waals surface area contributed by atoms with E-state index in [1.165, 1.54) is 9.88 Å². The zero-order valence-corrected chi connectivity index (χ0v) is 8.74. The Labute approximate surface area is 78.0 Å². The van der Waals surface area contributed by atoms with Crippen molar-refractivity contribution in [1.82, 2.24) is 10.3 Å². The Kier molecular flexibility index (Phi) is 3.69. The monoisotopic (exact) mass is 184 g/mol. The molecule has 68 valence electrons. The van der Waals surface area contributed by atoms with Gasteiger partial charge in [0.1, 0.15) is 0 Å². The predicted molar refractivity (Wildman–Crippen MR) is 53.6 cm³/mol. The van der Waals surface area contributed by atoms with Crippen molar-refractivity contribution in [3.8, 4) is 0 Å². The summed E-state index contributed by atoms with van der Waals surface area (Å²) in [7, 11) is 1.99. The third-order valence-corrected chi connectivity index (χ3v) is 2.71. The van der Waals surface area contributed by atoms with Crippen molar-refractivity contribution < 1.29 is 0 Å². The molecule has 1 N–H and O–H groups in total. The lowest BCUT2D eigenvalue weighted by atomic mass is 10.1. The van der Waals surface area contributed by atoms with Crippen LogP contribution < -0.4 is 5.32 Å². The fourth-order valence-corrected chi connectivity index (χ4v) is 2.22. The quantitative estimate of drug-likeness (QED) is 0.772. The van der Waals surface area contributed by atoms with Gasteiger partial charge in [-0.15, -0.1) is 11.3 Å². The Balaban J connectivity index is 2.41. The summed E-state index contributed by atoms with van der Waals surface area (Å²) in [6, 6.07) is 0. The van der Waals surface area contributed by atoms with Crippen LogP contribution in [0.15, 0.2) is 6.20 Å². The zero-order valence-electron chi connectivity index (χ0n) is 7.92. The van der Waals surface area contributed by atoms with E-state index in [0.717, 1.165) is 13.0 Å². The Hall–Kier alpha value is -0.410. The molecule has 1 heterocycles. The van der Waals surface area contributed by atoms with Gasteiger partial charge in [-0.25, -0.2) is 4.98 Å². The molecule has 3 heteroatoms. The number of hydrogen-bond acceptors (Lipinski definition) is 3. The molecule has 1 rings (SSSR count). The van der Waals surface area contributed by atoms with Gasteiger partial charge in [0.25, 0.3) is 0 Å². The van der Waals surface area contributed by atoms with Crippen LogP contribution in [0.5, 0.6) is 0 Å². The molecule has 0 aliphatic heterocycles. The van der Waals surface area contributed by atoms with Gasteiger partial charge in [0, 0.05) is 11.1 Å². The average Bonchev–Trinajstić information content (AvgIpc) is 2.36. The van der Waals surface area contributed by atoms with Crippen LogP contribution in [0.25, 0.3) is 0 Å². The first-order chi connectivity index (χ1) is 5.72. The molecule has 1 unspecified atom stereocenters. The molecule has 0 aliphatic rings. The number of nitrogens with zero attached hydrogens (tertiary/aromatic N) is 1. The number of aryl methyl sites for hydroxylation is 1. The molecular weight excluding hydrogens is 168 g/mol. The highest BCUT2D eigenvalue weighted by Gasteiger charge is 2.04. The Morgan fingerprint density at radius 3 is 2.92 bits per heavy atom. The number of thiazole rings is 1. The van der Waals surface area contributed by atoms with Crippen molar-refractivity contribution in [2.45, 2.75) is 20.3 Å². The number of nitrogens with one attached hydrogen (secondary N) is 1. The average molecular weight is 184 g/mol. The molecule has 1 aromatic rings. The summed E-state index contributed by atoms with van der Waals surface area (Å²) >= 11 is 1.80. The SMILES string of the molecule is CNCC(C)Cc1cnc(C)s1. The maximum Gasteiger partial charge on any atom is 0.0896 e. The lowest BCUT2D eigenvalue weighted by molar-refractivity contribution is 0.545. The van der Waals surface area contributed by atoms with Gasteiger partial charge in [-0.05, 0) is 32.9 Å². The van der Waals surface area contributed by atoms with Gasteiger partial charge in [-0.2, -0.15) is 0 Å². The van der Waals surface area contributed by atoms with Crippen molar-refractivity contribution in [2.24, 2.45) is 5.92 Å². The molecule has 0 fully saturated rings. The van der Waals surface area contributed by atoms with Gasteiger partial charge in [0.15, 0.2) is 0 Å². The van der Waals surface area contributed by atoms with E-state index in [1.54, 1.807) is 11.3 Å². The molecule has 0 spiro atoms. The Morgan fingerprint density at radius 2 is 2.42 bits per heavy atom. The van der Waals surface area contributed by atoms with Crippen LogP contribution in [-0.4, -0.2) is 18.6 Å². The van der Waals surface area contributed by atoms with Crippen LogP contribution in [0, 0.1) is 12.8 Å². The second-order valence-electron chi connectivity index (χ2n) is 3.21. The number of rotatable bonds is 4. The molecule has 0 aromatic carbocycles. The van der Waals surface area contributed by atoms with Gasteiger partial charge < -0.3 is 5.32 Å². The van der Waals surface area contributed by atoms with Crippen molar-refractivity contribution in [1.29, 1.82) is 0 Å².